The highest BCUT2D eigenvalue weighted by molar-refractivity contribution is 6.30. The van der Waals surface area contributed by atoms with Crippen LogP contribution in [0.5, 0.6) is 5.75 Å². The van der Waals surface area contributed by atoms with Crippen molar-refractivity contribution in [1.29, 1.82) is 0 Å². The zero-order valence-electron chi connectivity index (χ0n) is 17.8. The molecule has 0 saturated heterocycles. The third-order valence-electron chi connectivity index (χ3n) is 6.55. The number of hydrazone groups is 1. The zero-order chi connectivity index (χ0) is 24.1. The number of benzene rings is 1. The molecule has 0 aromatic heterocycles. The second-order valence-electron chi connectivity index (χ2n) is 9.27. The van der Waals surface area contributed by atoms with Crippen molar-refractivity contribution in [2.24, 2.45) is 10.5 Å². The molecule has 13 heteroatoms. The molecule has 0 radical (unpaired) electrons. The molecule has 1 unspecified atom stereocenters. The van der Waals surface area contributed by atoms with Crippen LogP contribution in [0, 0.1) is 11.2 Å². The summed E-state index contributed by atoms with van der Waals surface area (Å²) in [6, 6.07) is 3.96. The molecule has 1 aromatic carbocycles. The monoisotopic (exact) mass is 507 g/mol. The van der Waals surface area contributed by atoms with Crippen LogP contribution < -0.4 is 15.5 Å². The normalized spacial score (nSPS) is 33.4. The van der Waals surface area contributed by atoms with Crippen LogP contribution in [0.25, 0.3) is 0 Å². The first-order valence-electron chi connectivity index (χ1n) is 10.8. The summed E-state index contributed by atoms with van der Waals surface area (Å²) in [6.07, 6.45) is -3.91. The Bertz CT molecular complexity index is 981. The van der Waals surface area contributed by atoms with Crippen LogP contribution in [0.2, 0.25) is 5.02 Å². The minimum atomic E-state index is -4.63. The summed E-state index contributed by atoms with van der Waals surface area (Å²) in [6.45, 7) is -0.0960. The number of ether oxygens (including phenoxy) is 4. The minimum absolute atomic E-state index is 0.0245. The van der Waals surface area contributed by atoms with Crippen molar-refractivity contribution >= 4 is 23.4 Å². The lowest BCUT2D eigenvalue weighted by molar-refractivity contribution is -0.357. The van der Waals surface area contributed by atoms with Gasteiger partial charge >= 0.3 is 6.36 Å². The van der Waals surface area contributed by atoms with E-state index >= 15 is 0 Å². The zero-order valence-corrected chi connectivity index (χ0v) is 18.5. The third-order valence-corrected chi connectivity index (χ3v) is 6.86. The smallest absolute Gasteiger partial charge is 0.484 e. The average Bonchev–Trinajstić information content (AvgIpc) is 3.14. The van der Waals surface area contributed by atoms with Crippen molar-refractivity contribution in [2.45, 2.75) is 62.4 Å². The number of rotatable bonds is 9. The molecule has 8 nitrogen and oxygen atoms in total. The molecule has 2 bridgehead atoms. The van der Waals surface area contributed by atoms with Crippen LogP contribution in [0.1, 0.15) is 32.1 Å². The molecule has 4 saturated carbocycles. The standard InChI is InChI=1S/C21H22ClF4N3O5/c22-14-2-1-11(5-15(14)23)31-6-16(30)27-20-8-19(9-20,10-20)18-29-28-17(33-18)7-32-12-3-13(4-12)34-21(24,25)26/h1-2,5,12-13,17,28H,3-4,6-10H2,(H,27,30)/t12-,13+,17?,19?,20?. The van der Waals surface area contributed by atoms with Crippen molar-refractivity contribution < 1.29 is 41.3 Å². The van der Waals surface area contributed by atoms with E-state index in [9.17, 15) is 22.4 Å². The molecule has 2 N–H and O–H groups in total. The molecule has 1 aromatic rings. The van der Waals surface area contributed by atoms with Gasteiger partial charge in [-0.05, 0) is 31.4 Å². The molecule has 1 atom stereocenters. The number of hydrogen-bond donors (Lipinski definition) is 2. The number of halogens is 5. The molecule has 34 heavy (non-hydrogen) atoms. The van der Waals surface area contributed by atoms with Gasteiger partial charge in [0.15, 0.2) is 6.61 Å². The predicted octanol–water partition coefficient (Wildman–Crippen LogP) is 3.24. The summed E-state index contributed by atoms with van der Waals surface area (Å²) >= 11 is 5.62. The van der Waals surface area contributed by atoms with Crippen LogP contribution in [-0.2, 0) is 19.0 Å². The highest BCUT2D eigenvalue weighted by Crippen LogP contribution is 2.68. The fourth-order valence-corrected chi connectivity index (χ4v) is 5.11. The topological polar surface area (TPSA) is 90.4 Å². The lowest BCUT2D eigenvalue weighted by atomic mass is 9.39. The quantitative estimate of drug-likeness (QED) is 0.499. The van der Waals surface area contributed by atoms with Crippen molar-refractivity contribution in [1.82, 2.24) is 10.7 Å². The van der Waals surface area contributed by atoms with Crippen LogP contribution in [0.4, 0.5) is 17.6 Å². The highest BCUT2D eigenvalue weighted by atomic mass is 35.5. The Kier molecular flexibility index (Phi) is 5.80. The Morgan fingerprint density at radius 2 is 2.00 bits per heavy atom. The van der Waals surface area contributed by atoms with Crippen LogP contribution in [0.3, 0.4) is 0 Å². The van der Waals surface area contributed by atoms with E-state index in [2.05, 4.69) is 20.6 Å². The first-order chi connectivity index (χ1) is 16.0. The van der Waals surface area contributed by atoms with E-state index in [0.29, 0.717) is 25.2 Å². The summed E-state index contributed by atoms with van der Waals surface area (Å²) in [5.74, 6) is -0.167. The van der Waals surface area contributed by atoms with Crippen molar-refractivity contribution in [3.63, 3.8) is 0 Å². The number of hydrogen-bond acceptors (Lipinski definition) is 7. The highest BCUT2D eigenvalue weighted by Gasteiger charge is 2.72. The first-order valence-corrected chi connectivity index (χ1v) is 11.2. The van der Waals surface area contributed by atoms with Gasteiger partial charge in [-0.3, -0.25) is 15.0 Å². The molecule has 4 fully saturated rings. The van der Waals surface area contributed by atoms with E-state index in [1.165, 1.54) is 12.1 Å². The van der Waals surface area contributed by atoms with Crippen molar-refractivity contribution in [3.8, 4) is 5.75 Å². The number of nitrogens with one attached hydrogen (secondary N) is 2. The van der Waals surface area contributed by atoms with E-state index in [-0.39, 0.29) is 59.8 Å². The van der Waals surface area contributed by atoms with E-state index in [4.69, 9.17) is 25.8 Å². The molecule has 5 aliphatic rings. The molecule has 186 valence electrons. The van der Waals surface area contributed by atoms with Gasteiger partial charge in [-0.25, -0.2) is 4.39 Å². The molecule has 0 spiro atoms. The lowest BCUT2D eigenvalue weighted by Crippen LogP contribution is -2.77. The maximum absolute atomic E-state index is 13.5. The number of nitrogens with zero attached hydrogens (tertiary/aromatic N) is 1. The van der Waals surface area contributed by atoms with Crippen LogP contribution >= 0.6 is 11.6 Å². The molecule has 1 amide bonds. The average molecular weight is 508 g/mol. The van der Waals surface area contributed by atoms with Crippen molar-refractivity contribution in [3.05, 3.63) is 29.0 Å². The third kappa shape index (κ3) is 4.76. The summed E-state index contributed by atoms with van der Waals surface area (Å²) < 4.78 is 70.6. The van der Waals surface area contributed by atoms with Gasteiger partial charge in [0.1, 0.15) is 18.2 Å². The molecule has 1 heterocycles. The first kappa shape index (κ1) is 23.4. The SMILES string of the molecule is O=C(COc1ccc(Cl)c(F)c1)NC12CC(C3=NNC(CO[C@H]4C[C@@H](OC(F)(F)F)C4)O3)(C1)C2. The summed E-state index contributed by atoms with van der Waals surface area (Å²) in [5.41, 5.74) is 2.27. The van der Waals surface area contributed by atoms with Gasteiger partial charge in [-0.1, -0.05) is 11.6 Å². The second-order valence-corrected chi connectivity index (χ2v) is 9.68. The fraction of sp³-hybridized carbons (Fsp3) is 0.619. The number of amides is 1. The number of alkyl halides is 3. The Hall–Kier alpha value is -2.31. The Morgan fingerprint density at radius 1 is 1.26 bits per heavy atom. The summed E-state index contributed by atoms with van der Waals surface area (Å²) in [4.78, 5) is 12.2. The van der Waals surface area contributed by atoms with Gasteiger partial charge in [-0.2, -0.15) is 0 Å². The molecule has 1 aliphatic heterocycles. The molecular formula is C21H22ClF4N3O5. The fourth-order valence-electron chi connectivity index (χ4n) is 4.99. The van der Waals surface area contributed by atoms with Gasteiger partial charge in [0.25, 0.3) is 5.91 Å². The Balaban J connectivity index is 0.987. The lowest BCUT2D eigenvalue weighted by Gasteiger charge is -2.69. The second kappa shape index (κ2) is 8.42. The van der Waals surface area contributed by atoms with Gasteiger partial charge in [0.2, 0.25) is 12.1 Å². The Morgan fingerprint density at radius 3 is 2.68 bits per heavy atom. The predicted molar refractivity (Wildman–Crippen MR) is 109 cm³/mol. The minimum Gasteiger partial charge on any atom is -0.484 e. The summed E-state index contributed by atoms with van der Waals surface area (Å²) in [7, 11) is 0. The Labute approximate surface area is 196 Å². The van der Waals surface area contributed by atoms with Crippen LogP contribution in [-0.4, -0.2) is 55.4 Å². The maximum Gasteiger partial charge on any atom is 0.522 e. The molecule has 6 rings (SSSR count). The van der Waals surface area contributed by atoms with Gasteiger partial charge in [0, 0.05) is 24.4 Å². The van der Waals surface area contributed by atoms with Gasteiger partial charge in [0.05, 0.1) is 22.6 Å². The molecule has 4 aliphatic carbocycles. The molecular weight excluding hydrogens is 486 g/mol. The summed E-state index contributed by atoms with van der Waals surface area (Å²) in [5, 5.41) is 7.18. The van der Waals surface area contributed by atoms with E-state index in [1.54, 1.807) is 0 Å². The maximum atomic E-state index is 13.5. The van der Waals surface area contributed by atoms with E-state index in [0.717, 1.165) is 6.07 Å². The number of carbonyl (C=O) groups excluding carboxylic acids is 1. The van der Waals surface area contributed by atoms with Crippen molar-refractivity contribution in [2.75, 3.05) is 13.2 Å². The van der Waals surface area contributed by atoms with E-state index in [1.807, 2.05) is 0 Å². The van der Waals surface area contributed by atoms with E-state index < -0.39 is 24.5 Å². The largest absolute Gasteiger partial charge is 0.522 e. The van der Waals surface area contributed by atoms with Gasteiger partial charge in [-0.15, -0.1) is 18.3 Å². The van der Waals surface area contributed by atoms with Gasteiger partial charge < -0.3 is 19.5 Å². The number of carbonyl (C=O) groups is 1. The van der Waals surface area contributed by atoms with Crippen LogP contribution in [0.15, 0.2) is 23.3 Å².